The fourth-order valence-electron chi connectivity index (χ4n) is 1.83. The van der Waals surface area contributed by atoms with Crippen LogP contribution in [0.1, 0.15) is 0 Å². The Hall–Kier alpha value is -1.93. The highest BCUT2D eigenvalue weighted by Gasteiger charge is 2.09. The van der Waals surface area contributed by atoms with E-state index in [1.807, 2.05) is 30.3 Å². The smallest absolute Gasteiger partial charge is 0.139 e. The summed E-state index contributed by atoms with van der Waals surface area (Å²) in [5, 5.41) is 11.4. The molecule has 1 N–H and O–H groups in total. The van der Waals surface area contributed by atoms with Gasteiger partial charge in [-0.3, -0.25) is 0 Å². The van der Waals surface area contributed by atoms with Crippen LogP contribution in [0.5, 0.6) is 5.75 Å². The topological polar surface area (TPSA) is 33.4 Å². The number of hydrogen-bond donors (Lipinski definition) is 1. The number of phenols is 1. The molecule has 0 unspecified atom stereocenters. The van der Waals surface area contributed by atoms with Gasteiger partial charge in [0.1, 0.15) is 17.1 Å². The molecule has 0 aliphatic heterocycles. The van der Waals surface area contributed by atoms with Gasteiger partial charge in [0, 0.05) is 10.4 Å². The van der Waals surface area contributed by atoms with Gasteiger partial charge in [-0.15, -0.1) is 0 Å². The Bertz CT molecular complexity index is 686. The second-order valence-electron chi connectivity index (χ2n) is 3.81. The third-order valence-electron chi connectivity index (χ3n) is 2.65. The lowest BCUT2D eigenvalue weighted by Gasteiger charge is -1.98. The van der Waals surface area contributed by atoms with Crippen LogP contribution >= 0.6 is 11.6 Å². The Balaban J connectivity index is 2.22. The van der Waals surface area contributed by atoms with E-state index in [9.17, 15) is 5.11 Å². The van der Waals surface area contributed by atoms with Crippen molar-refractivity contribution in [1.29, 1.82) is 0 Å². The quantitative estimate of drug-likeness (QED) is 0.686. The lowest BCUT2D eigenvalue weighted by Crippen LogP contribution is -1.73. The number of rotatable bonds is 1. The molecular formula is C14H9ClO2. The predicted octanol–water partition coefficient (Wildman–Crippen LogP) is 4.46. The van der Waals surface area contributed by atoms with Crippen molar-refractivity contribution >= 4 is 22.6 Å². The molecule has 0 spiro atoms. The zero-order valence-corrected chi connectivity index (χ0v) is 9.61. The highest BCUT2D eigenvalue weighted by Crippen LogP contribution is 2.33. The van der Waals surface area contributed by atoms with Crippen LogP contribution in [-0.2, 0) is 0 Å². The van der Waals surface area contributed by atoms with Crippen molar-refractivity contribution in [2.24, 2.45) is 0 Å². The molecule has 0 bridgehead atoms. The summed E-state index contributed by atoms with van der Waals surface area (Å²) in [6.45, 7) is 0. The molecular weight excluding hydrogens is 236 g/mol. The van der Waals surface area contributed by atoms with Gasteiger partial charge >= 0.3 is 0 Å². The van der Waals surface area contributed by atoms with E-state index in [2.05, 4.69) is 0 Å². The van der Waals surface area contributed by atoms with E-state index in [1.165, 1.54) is 0 Å². The standard InChI is InChI=1S/C14H9ClO2/c15-10-5-6-13-9(7-10)8-14(17-13)11-3-1-2-4-12(11)16/h1-8,16H. The second-order valence-corrected chi connectivity index (χ2v) is 4.25. The molecule has 0 radical (unpaired) electrons. The minimum Gasteiger partial charge on any atom is -0.507 e. The number of furan rings is 1. The number of phenolic OH excluding ortho intramolecular Hbond substituents is 1. The van der Waals surface area contributed by atoms with Crippen LogP contribution in [0, 0.1) is 0 Å². The monoisotopic (exact) mass is 244 g/mol. The van der Waals surface area contributed by atoms with Gasteiger partial charge in [0.15, 0.2) is 0 Å². The molecule has 0 amide bonds. The molecule has 0 saturated carbocycles. The Kier molecular flexibility index (Phi) is 2.30. The lowest BCUT2D eigenvalue weighted by atomic mass is 10.1. The number of hydrogen-bond acceptors (Lipinski definition) is 2. The van der Waals surface area contributed by atoms with E-state index >= 15 is 0 Å². The Morgan fingerprint density at radius 3 is 2.65 bits per heavy atom. The maximum absolute atomic E-state index is 9.76. The minimum absolute atomic E-state index is 0.206. The van der Waals surface area contributed by atoms with Gasteiger partial charge < -0.3 is 9.52 Å². The zero-order chi connectivity index (χ0) is 11.8. The summed E-state index contributed by atoms with van der Waals surface area (Å²) < 4.78 is 5.67. The molecule has 3 aromatic rings. The summed E-state index contributed by atoms with van der Waals surface area (Å²) >= 11 is 5.91. The van der Waals surface area contributed by atoms with Crippen molar-refractivity contribution in [1.82, 2.24) is 0 Å². The average molecular weight is 245 g/mol. The van der Waals surface area contributed by atoms with Gasteiger partial charge in [-0.05, 0) is 36.4 Å². The number of fused-ring (bicyclic) bond motifs is 1. The van der Waals surface area contributed by atoms with Crippen LogP contribution in [0.3, 0.4) is 0 Å². The van der Waals surface area contributed by atoms with Crippen molar-refractivity contribution in [2.45, 2.75) is 0 Å². The second kappa shape index (κ2) is 3.82. The summed E-state index contributed by atoms with van der Waals surface area (Å²) in [4.78, 5) is 0. The first-order chi connectivity index (χ1) is 8.24. The zero-order valence-electron chi connectivity index (χ0n) is 8.85. The Morgan fingerprint density at radius 2 is 1.82 bits per heavy atom. The molecule has 2 nitrogen and oxygen atoms in total. The van der Waals surface area contributed by atoms with E-state index in [4.69, 9.17) is 16.0 Å². The third kappa shape index (κ3) is 1.77. The van der Waals surface area contributed by atoms with E-state index in [0.29, 0.717) is 16.3 Å². The van der Waals surface area contributed by atoms with Crippen LogP contribution in [0.25, 0.3) is 22.3 Å². The number of aromatic hydroxyl groups is 1. The van der Waals surface area contributed by atoms with Crippen LogP contribution in [0.4, 0.5) is 0 Å². The van der Waals surface area contributed by atoms with E-state index in [1.54, 1.807) is 18.2 Å². The molecule has 0 aliphatic carbocycles. The molecule has 0 saturated heterocycles. The van der Waals surface area contributed by atoms with Crippen LogP contribution in [-0.4, -0.2) is 5.11 Å². The summed E-state index contributed by atoms with van der Waals surface area (Å²) in [7, 11) is 0. The largest absolute Gasteiger partial charge is 0.507 e. The summed E-state index contributed by atoms with van der Waals surface area (Å²) in [5.74, 6) is 0.845. The molecule has 0 aliphatic rings. The number of halogens is 1. The molecule has 0 atom stereocenters. The van der Waals surface area contributed by atoms with Crippen molar-refractivity contribution in [2.75, 3.05) is 0 Å². The normalized spacial score (nSPS) is 10.9. The van der Waals surface area contributed by atoms with Gasteiger partial charge in [-0.25, -0.2) is 0 Å². The maximum Gasteiger partial charge on any atom is 0.139 e. The fraction of sp³-hybridized carbons (Fsp3) is 0. The minimum atomic E-state index is 0.206. The SMILES string of the molecule is Oc1ccccc1-c1cc2cc(Cl)ccc2o1. The van der Waals surface area contributed by atoms with Crippen molar-refractivity contribution < 1.29 is 9.52 Å². The molecule has 3 rings (SSSR count). The predicted molar refractivity (Wildman–Crippen MR) is 68.3 cm³/mol. The van der Waals surface area contributed by atoms with Crippen LogP contribution in [0.2, 0.25) is 5.02 Å². The molecule has 1 aromatic heterocycles. The maximum atomic E-state index is 9.76. The molecule has 0 fully saturated rings. The summed E-state index contributed by atoms with van der Waals surface area (Å²) in [5.41, 5.74) is 1.44. The lowest BCUT2D eigenvalue weighted by molar-refractivity contribution is 0.475. The van der Waals surface area contributed by atoms with Gasteiger partial charge in [-0.2, -0.15) is 0 Å². The first-order valence-corrected chi connectivity index (χ1v) is 5.59. The first-order valence-electron chi connectivity index (χ1n) is 5.21. The fourth-order valence-corrected chi connectivity index (χ4v) is 2.01. The Labute approximate surface area is 103 Å². The summed E-state index contributed by atoms with van der Waals surface area (Å²) in [6, 6.07) is 14.4. The van der Waals surface area contributed by atoms with E-state index < -0.39 is 0 Å². The van der Waals surface area contributed by atoms with Crippen LogP contribution in [0.15, 0.2) is 52.9 Å². The van der Waals surface area contributed by atoms with Gasteiger partial charge in [-0.1, -0.05) is 23.7 Å². The summed E-state index contributed by atoms with van der Waals surface area (Å²) in [6.07, 6.45) is 0. The van der Waals surface area contributed by atoms with Crippen molar-refractivity contribution in [3.63, 3.8) is 0 Å². The number of benzene rings is 2. The molecule has 2 aromatic carbocycles. The molecule has 84 valence electrons. The first kappa shape index (κ1) is 10.2. The molecule has 17 heavy (non-hydrogen) atoms. The average Bonchev–Trinajstić information content (AvgIpc) is 2.72. The highest BCUT2D eigenvalue weighted by atomic mass is 35.5. The number of para-hydroxylation sites is 1. The third-order valence-corrected chi connectivity index (χ3v) is 2.88. The van der Waals surface area contributed by atoms with Gasteiger partial charge in [0.2, 0.25) is 0 Å². The Morgan fingerprint density at radius 1 is 1.00 bits per heavy atom. The van der Waals surface area contributed by atoms with E-state index in [0.717, 1.165) is 11.0 Å². The van der Waals surface area contributed by atoms with Gasteiger partial charge in [0.05, 0.1) is 5.56 Å². The molecule has 3 heteroatoms. The molecule has 1 heterocycles. The van der Waals surface area contributed by atoms with Crippen molar-refractivity contribution in [3.05, 3.63) is 53.6 Å². The van der Waals surface area contributed by atoms with Crippen molar-refractivity contribution in [3.8, 4) is 17.1 Å². The van der Waals surface area contributed by atoms with Crippen LogP contribution < -0.4 is 0 Å². The van der Waals surface area contributed by atoms with Gasteiger partial charge in [0.25, 0.3) is 0 Å². The highest BCUT2D eigenvalue weighted by molar-refractivity contribution is 6.31. The van der Waals surface area contributed by atoms with E-state index in [-0.39, 0.29) is 5.75 Å².